The minimum Gasteiger partial charge on any atom is -0.341 e. The van der Waals surface area contributed by atoms with Gasteiger partial charge >= 0.3 is 0 Å². The van der Waals surface area contributed by atoms with Crippen molar-refractivity contribution in [1.29, 1.82) is 0 Å². The van der Waals surface area contributed by atoms with Crippen LogP contribution in [-0.2, 0) is 0 Å². The Morgan fingerprint density at radius 3 is 2.65 bits per heavy atom. The number of carbonyl (C=O) groups is 1. The van der Waals surface area contributed by atoms with Crippen molar-refractivity contribution in [2.45, 2.75) is 32.7 Å². The fraction of sp³-hybridized carbons (Fsp3) is 0.353. The molecule has 0 fully saturated rings. The van der Waals surface area contributed by atoms with Crippen LogP contribution in [0, 0.1) is 6.92 Å². The quantitative estimate of drug-likeness (QED) is 0.898. The van der Waals surface area contributed by atoms with Crippen molar-refractivity contribution in [3.05, 3.63) is 58.1 Å². The van der Waals surface area contributed by atoms with Gasteiger partial charge in [-0.05, 0) is 18.1 Å². The van der Waals surface area contributed by atoms with Gasteiger partial charge in [0.25, 0.3) is 5.91 Å². The van der Waals surface area contributed by atoms with Crippen molar-refractivity contribution in [2.24, 2.45) is 0 Å². The van der Waals surface area contributed by atoms with Gasteiger partial charge in [-0.1, -0.05) is 49.7 Å². The molecule has 1 heterocycles. The van der Waals surface area contributed by atoms with E-state index in [4.69, 9.17) is 11.6 Å². The number of hydrogen-bond acceptors (Lipinski definition) is 3. The van der Waals surface area contributed by atoms with Gasteiger partial charge in [-0.2, -0.15) is 0 Å². The van der Waals surface area contributed by atoms with Crippen molar-refractivity contribution in [1.82, 2.24) is 15.3 Å². The minimum absolute atomic E-state index is 0.0622. The smallest absolute Gasteiger partial charge is 0.272 e. The molecule has 0 aliphatic carbocycles. The number of aryl methyl sites for hydroxylation is 1. The fourth-order valence-electron chi connectivity index (χ4n) is 2.22. The van der Waals surface area contributed by atoms with Crippen molar-refractivity contribution in [3.8, 4) is 0 Å². The molecule has 4 nitrogen and oxygen atoms in total. The summed E-state index contributed by atoms with van der Waals surface area (Å²) in [6.07, 6.45) is 1.40. The van der Waals surface area contributed by atoms with Crippen molar-refractivity contribution in [2.75, 3.05) is 6.67 Å². The fourth-order valence-corrected chi connectivity index (χ4v) is 2.40. The van der Waals surface area contributed by atoms with Crippen LogP contribution in [0.3, 0.4) is 0 Å². The molecule has 1 aromatic heterocycles. The molecule has 0 aliphatic rings. The molecular weight excluding hydrogens is 317 g/mol. The number of rotatable bonds is 5. The lowest BCUT2D eigenvalue weighted by Crippen LogP contribution is -2.31. The Morgan fingerprint density at radius 2 is 2.04 bits per heavy atom. The van der Waals surface area contributed by atoms with Crippen LogP contribution < -0.4 is 5.32 Å². The largest absolute Gasteiger partial charge is 0.341 e. The lowest BCUT2D eigenvalue weighted by atomic mass is 10.0. The van der Waals surface area contributed by atoms with E-state index in [2.05, 4.69) is 15.3 Å². The molecular formula is C17H19ClFN3O. The molecule has 0 radical (unpaired) electrons. The van der Waals surface area contributed by atoms with Gasteiger partial charge in [-0.25, -0.2) is 14.4 Å². The van der Waals surface area contributed by atoms with E-state index in [0.717, 1.165) is 11.1 Å². The molecule has 0 saturated heterocycles. The first kappa shape index (κ1) is 17.3. The molecule has 2 aromatic rings. The van der Waals surface area contributed by atoms with E-state index < -0.39 is 18.6 Å². The van der Waals surface area contributed by atoms with Crippen LogP contribution in [0.15, 0.2) is 30.5 Å². The number of carbonyl (C=O) groups excluding carboxylic acids is 1. The maximum atomic E-state index is 13.4. The van der Waals surface area contributed by atoms with Gasteiger partial charge < -0.3 is 5.32 Å². The third kappa shape index (κ3) is 4.05. The zero-order valence-electron chi connectivity index (χ0n) is 13.3. The third-order valence-electron chi connectivity index (χ3n) is 3.52. The zero-order valence-corrected chi connectivity index (χ0v) is 14.1. The van der Waals surface area contributed by atoms with Crippen LogP contribution in [0.1, 0.15) is 53.2 Å². The lowest BCUT2D eigenvalue weighted by Gasteiger charge is -2.18. The number of halogens is 2. The first-order valence-corrected chi connectivity index (χ1v) is 7.76. The maximum Gasteiger partial charge on any atom is 0.272 e. The van der Waals surface area contributed by atoms with Gasteiger partial charge in [-0.3, -0.25) is 4.79 Å². The van der Waals surface area contributed by atoms with Gasteiger partial charge in [-0.15, -0.1) is 0 Å². The maximum absolute atomic E-state index is 13.4. The van der Waals surface area contributed by atoms with Gasteiger partial charge in [0, 0.05) is 5.92 Å². The highest BCUT2D eigenvalue weighted by Gasteiger charge is 2.21. The molecule has 1 aromatic carbocycles. The summed E-state index contributed by atoms with van der Waals surface area (Å²) < 4.78 is 13.4. The number of nitrogens with one attached hydrogen (secondary N) is 1. The molecule has 0 aliphatic heterocycles. The second-order valence-corrected chi connectivity index (χ2v) is 6.02. The van der Waals surface area contributed by atoms with Crippen LogP contribution in [0.2, 0.25) is 5.02 Å². The van der Waals surface area contributed by atoms with Crippen molar-refractivity contribution in [3.63, 3.8) is 0 Å². The second-order valence-electron chi connectivity index (χ2n) is 5.62. The number of amides is 1. The summed E-state index contributed by atoms with van der Waals surface area (Å²) in [4.78, 5) is 20.7. The van der Waals surface area contributed by atoms with Crippen molar-refractivity contribution >= 4 is 17.5 Å². The SMILES string of the molecule is Cc1ccccc1C(CF)NC(=O)c1nc(C(C)C)ncc1Cl. The Balaban J connectivity index is 2.27. The van der Waals surface area contributed by atoms with Crippen LogP contribution in [0.25, 0.3) is 0 Å². The molecule has 0 spiro atoms. The van der Waals surface area contributed by atoms with Crippen LogP contribution in [0.5, 0.6) is 0 Å². The van der Waals surface area contributed by atoms with E-state index >= 15 is 0 Å². The molecule has 1 unspecified atom stereocenters. The standard InChI is InChI=1S/C17H19ClFN3O/c1-10(2)16-20-9-13(18)15(22-16)17(23)21-14(8-19)12-7-5-4-6-11(12)3/h4-7,9-10,14H,8H2,1-3H3,(H,21,23). The molecule has 122 valence electrons. The molecule has 23 heavy (non-hydrogen) atoms. The van der Waals surface area contributed by atoms with Crippen LogP contribution >= 0.6 is 11.6 Å². The Morgan fingerprint density at radius 1 is 1.35 bits per heavy atom. The van der Waals surface area contributed by atoms with Gasteiger partial charge in [0.1, 0.15) is 18.2 Å². The van der Waals surface area contributed by atoms with E-state index in [-0.39, 0.29) is 16.6 Å². The summed E-state index contributed by atoms with van der Waals surface area (Å²) in [6.45, 7) is 5.00. The molecule has 0 bridgehead atoms. The second kappa shape index (κ2) is 7.51. The van der Waals surface area contributed by atoms with Crippen molar-refractivity contribution < 1.29 is 9.18 Å². The predicted octanol–water partition coefficient (Wildman–Crippen LogP) is 4.00. The van der Waals surface area contributed by atoms with Crippen LogP contribution in [-0.4, -0.2) is 22.5 Å². The average molecular weight is 336 g/mol. The number of benzene rings is 1. The molecule has 2 rings (SSSR count). The van der Waals surface area contributed by atoms with E-state index in [1.165, 1.54) is 6.20 Å². The summed E-state index contributed by atoms with van der Waals surface area (Å²) in [7, 11) is 0. The van der Waals surface area contributed by atoms with E-state index in [9.17, 15) is 9.18 Å². The molecule has 1 atom stereocenters. The highest BCUT2D eigenvalue weighted by atomic mass is 35.5. The predicted molar refractivity (Wildman–Crippen MR) is 88.5 cm³/mol. The molecule has 0 saturated carbocycles. The van der Waals surface area contributed by atoms with Gasteiger partial charge in [0.05, 0.1) is 17.3 Å². The number of alkyl halides is 1. The topological polar surface area (TPSA) is 54.9 Å². The normalized spacial score (nSPS) is 12.3. The van der Waals surface area contributed by atoms with Gasteiger partial charge in [0.2, 0.25) is 0 Å². The lowest BCUT2D eigenvalue weighted by molar-refractivity contribution is 0.0924. The highest BCUT2D eigenvalue weighted by Crippen LogP contribution is 2.21. The summed E-state index contributed by atoms with van der Waals surface area (Å²) in [5, 5.41) is 2.81. The van der Waals surface area contributed by atoms with E-state index in [1.807, 2.05) is 39.0 Å². The first-order valence-electron chi connectivity index (χ1n) is 7.38. The Bertz CT molecular complexity index is 706. The minimum atomic E-state index is -0.739. The Labute approximate surface area is 140 Å². The number of aromatic nitrogens is 2. The van der Waals surface area contributed by atoms with E-state index in [1.54, 1.807) is 6.07 Å². The van der Waals surface area contributed by atoms with Crippen LogP contribution in [0.4, 0.5) is 4.39 Å². The molecule has 1 N–H and O–H groups in total. The monoisotopic (exact) mass is 335 g/mol. The summed E-state index contributed by atoms with van der Waals surface area (Å²) in [6, 6.07) is 6.61. The third-order valence-corrected chi connectivity index (χ3v) is 3.79. The summed E-state index contributed by atoms with van der Waals surface area (Å²) >= 11 is 6.02. The molecule has 6 heteroatoms. The molecule has 1 amide bonds. The summed E-state index contributed by atoms with van der Waals surface area (Å²) in [5.41, 5.74) is 1.71. The summed E-state index contributed by atoms with van der Waals surface area (Å²) in [5.74, 6) is 0.0737. The van der Waals surface area contributed by atoms with Gasteiger partial charge in [0.15, 0.2) is 0 Å². The first-order chi connectivity index (χ1) is 10.9. The Kier molecular flexibility index (Phi) is 5.66. The zero-order chi connectivity index (χ0) is 17.0. The van der Waals surface area contributed by atoms with E-state index in [0.29, 0.717) is 5.82 Å². The number of nitrogens with zero attached hydrogens (tertiary/aromatic N) is 2. The Hall–Kier alpha value is -2.01. The highest BCUT2D eigenvalue weighted by molar-refractivity contribution is 6.33. The number of hydrogen-bond donors (Lipinski definition) is 1. The average Bonchev–Trinajstić information content (AvgIpc) is 2.53.